The third kappa shape index (κ3) is 4.25. The average Bonchev–Trinajstić information content (AvgIpc) is 2.54. The van der Waals surface area contributed by atoms with Crippen LogP contribution in [0.5, 0.6) is 0 Å². The molecule has 2 rings (SSSR count). The van der Waals surface area contributed by atoms with Gasteiger partial charge in [-0.05, 0) is 45.9 Å². The first-order chi connectivity index (χ1) is 10.4. The molecular formula is C16H25ClN2O3S. The second kappa shape index (κ2) is 8.13. The van der Waals surface area contributed by atoms with Crippen molar-refractivity contribution in [2.24, 2.45) is 0 Å². The van der Waals surface area contributed by atoms with Crippen molar-refractivity contribution in [1.29, 1.82) is 0 Å². The van der Waals surface area contributed by atoms with E-state index in [0.717, 1.165) is 12.8 Å². The third-order valence-electron chi connectivity index (χ3n) is 4.16. The molecule has 0 radical (unpaired) electrons. The Bertz CT molecular complexity index is 646. The molecule has 23 heavy (non-hydrogen) atoms. The first kappa shape index (κ1) is 19.9. The number of rotatable bonds is 4. The maximum atomic E-state index is 12.8. The summed E-state index contributed by atoms with van der Waals surface area (Å²) in [6.07, 6.45) is 1.96. The molecule has 0 bridgehead atoms. The quantitative estimate of drug-likeness (QED) is 0.893. The normalized spacial score (nSPS) is 18.6. The van der Waals surface area contributed by atoms with Crippen molar-refractivity contribution >= 4 is 28.2 Å². The molecule has 5 nitrogen and oxygen atoms in total. The van der Waals surface area contributed by atoms with E-state index in [1.165, 1.54) is 6.07 Å². The van der Waals surface area contributed by atoms with Crippen LogP contribution in [0, 0.1) is 0 Å². The molecule has 1 atom stereocenters. The highest BCUT2D eigenvalue weighted by molar-refractivity contribution is 7.92. The molecule has 1 saturated heterocycles. The average molecular weight is 361 g/mol. The first-order valence-corrected chi connectivity index (χ1v) is 9.22. The van der Waals surface area contributed by atoms with E-state index in [9.17, 15) is 13.2 Å². The van der Waals surface area contributed by atoms with Crippen LogP contribution in [0.15, 0.2) is 29.2 Å². The number of likely N-dealkylation sites (tertiary alicyclic amines) is 1. The maximum absolute atomic E-state index is 12.8. The zero-order valence-corrected chi connectivity index (χ0v) is 15.4. The molecular weight excluding hydrogens is 336 g/mol. The van der Waals surface area contributed by atoms with E-state index < -0.39 is 15.1 Å². The molecule has 130 valence electrons. The predicted octanol–water partition coefficient (Wildman–Crippen LogP) is 2.11. The summed E-state index contributed by atoms with van der Waals surface area (Å²) >= 11 is 0. The molecule has 1 aliphatic rings. The molecule has 0 spiro atoms. The standard InChI is InChI=1S/C16H24N2O3S.ClH/c1-12(2)22(20,21)15-9-5-4-8-14(15)16(19)18-10-6-7-13(11-18)17-3;/h4-5,8-9,12-13,17H,6-7,10-11H2,1-3H3;1H. The zero-order valence-electron chi connectivity index (χ0n) is 13.8. The lowest BCUT2D eigenvalue weighted by Gasteiger charge is -2.33. The van der Waals surface area contributed by atoms with Crippen LogP contribution in [0.4, 0.5) is 0 Å². The molecule has 1 N–H and O–H groups in total. The number of carbonyl (C=O) groups is 1. The van der Waals surface area contributed by atoms with Crippen molar-refractivity contribution < 1.29 is 13.2 Å². The summed E-state index contributed by atoms with van der Waals surface area (Å²) in [5.74, 6) is -0.195. The molecule has 0 aliphatic carbocycles. The second-order valence-electron chi connectivity index (χ2n) is 5.97. The lowest BCUT2D eigenvalue weighted by Crippen LogP contribution is -2.47. The highest BCUT2D eigenvalue weighted by Gasteiger charge is 2.29. The number of likely N-dealkylation sites (N-methyl/N-ethyl adjacent to an activating group) is 1. The number of benzene rings is 1. The number of halogens is 1. The molecule has 1 amide bonds. The van der Waals surface area contributed by atoms with Crippen molar-refractivity contribution in [2.45, 2.75) is 42.9 Å². The Morgan fingerprint density at radius 1 is 1.30 bits per heavy atom. The Balaban J connectivity index is 0.00000264. The van der Waals surface area contributed by atoms with Crippen LogP contribution in [0.2, 0.25) is 0 Å². The lowest BCUT2D eigenvalue weighted by atomic mass is 10.0. The summed E-state index contributed by atoms with van der Waals surface area (Å²) < 4.78 is 25.0. The van der Waals surface area contributed by atoms with Crippen LogP contribution in [-0.2, 0) is 9.84 Å². The highest BCUT2D eigenvalue weighted by Crippen LogP contribution is 2.23. The van der Waals surface area contributed by atoms with Crippen LogP contribution >= 0.6 is 12.4 Å². The fourth-order valence-corrected chi connectivity index (χ4v) is 3.95. The molecule has 1 aromatic rings. The Morgan fingerprint density at radius 2 is 1.96 bits per heavy atom. The van der Waals surface area contributed by atoms with Gasteiger partial charge in [0.25, 0.3) is 5.91 Å². The first-order valence-electron chi connectivity index (χ1n) is 7.67. The Labute approximate surface area is 144 Å². The number of nitrogens with one attached hydrogen (secondary N) is 1. The second-order valence-corrected chi connectivity index (χ2v) is 8.44. The highest BCUT2D eigenvalue weighted by atomic mass is 35.5. The molecule has 1 heterocycles. The number of hydrogen-bond acceptors (Lipinski definition) is 4. The van der Waals surface area contributed by atoms with Crippen LogP contribution < -0.4 is 5.32 Å². The minimum atomic E-state index is -3.47. The number of hydrogen-bond donors (Lipinski definition) is 1. The summed E-state index contributed by atoms with van der Waals surface area (Å²) in [6.45, 7) is 4.56. The van der Waals surface area contributed by atoms with Gasteiger partial charge in [0, 0.05) is 19.1 Å². The molecule has 1 aromatic carbocycles. The van der Waals surface area contributed by atoms with E-state index in [4.69, 9.17) is 0 Å². The predicted molar refractivity (Wildman–Crippen MR) is 94.0 cm³/mol. The van der Waals surface area contributed by atoms with Crippen molar-refractivity contribution in [3.05, 3.63) is 29.8 Å². The van der Waals surface area contributed by atoms with Crippen molar-refractivity contribution in [2.75, 3.05) is 20.1 Å². The largest absolute Gasteiger partial charge is 0.337 e. The van der Waals surface area contributed by atoms with Gasteiger partial charge in [-0.25, -0.2) is 8.42 Å². The van der Waals surface area contributed by atoms with Gasteiger partial charge < -0.3 is 10.2 Å². The summed E-state index contributed by atoms with van der Waals surface area (Å²) in [6, 6.07) is 6.79. The van der Waals surface area contributed by atoms with E-state index in [0.29, 0.717) is 13.1 Å². The van der Waals surface area contributed by atoms with Crippen molar-refractivity contribution in [3.63, 3.8) is 0 Å². The van der Waals surface area contributed by atoms with E-state index in [1.807, 2.05) is 7.05 Å². The Morgan fingerprint density at radius 3 is 2.57 bits per heavy atom. The maximum Gasteiger partial charge on any atom is 0.255 e. The lowest BCUT2D eigenvalue weighted by molar-refractivity contribution is 0.0694. The number of carbonyl (C=O) groups excluding carboxylic acids is 1. The number of sulfone groups is 1. The minimum absolute atomic E-state index is 0. The fraction of sp³-hybridized carbons (Fsp3) is 0.562. The Hall–Kier alpha value is -1.11. The van der Waals surface area contributed by atoms with Crippen LogP contribution in [0.1, 0.15) is 37.0 Å². The fourth-order valence-electron chi connectivity index (χ4n) is 2.71. The van der Waals surface area contributed by atoms with Gasteiger partial charge in [0.1, 0.15) is 0 Å². The summed E-state index contributed by atoms with van der Waals surface area (Å²) in [5.41, 5.74) is 0.285. The van der Waals surface area contributed by atoms with Gasteiger partial charge in [-0.15, -0.1) is 12.4 Å². The van der Waals surface area contributed by atoms with Gasteiger partial charge in [-0.3, -0.25) is 4.79 Å². The van der Waals surface area contributed by atoms with Crippen LogP contribution in [0.3, 0.4) is 0 Å². The number of amides is 1. The molecule has 0 saturated carbocycles. The van der Waals surface area contributed by atoms with Gasteiger partial charge >= 0.3 is 0 Å². The van der Waals surface area contributed by atoms with Crippen molar-refractivity contribution in [1.82, 2.24) is 10.2 Å². The summed E-state index contributed by atoms with van der Waals surface area (Å²) in [7, 11) is -1.59. The van der Waals surface area contributed by atoms with E-state index >= 15 is 0 Å². The van der Waals surface area contributed by atoms with Gasteiger partial charge in [-0.1, -0.05) is 12.1 Å². The molecule has 1 unspecified atom stereocenters. The zero-order chi connectivity index (χ0) is 16.3. The third-order valence-corrected chi connectivity index (χ3v) is 6.37. The monoisotopic (exact) mass is 360 g/mol. The topological polar surface area (TPSA) is 66.5 Å². The van der Waals surface area contributed by atoms with Crippen LogP contribution in [0.25, 0.3) is 0 Å². The molecule has 0 aromatic heterocycles. The van der Waals surface area contributed by atoms with E-state index in [2.05, 4.69) is 5.32 Å². The van der Waals surface area contributed by atoms with Crippen LogP contribution in [-0.4, -0.2) is 50.7 Å². The van der Waals surface area contributed by atoms with E-state index in [-0.39, 0.29) is 34.8 Å². The smallest absolute Gasteiger partial charge is 0.255 e. The number of piperidine rings is 1. The molecule has 1 fully saturated rings. The summed E-state index contributed by atoms with van der Waals surface area (Å²) in [5, 5.41) is 2.64. The summed E-state index contributed by atoms with van der Waals surface area (Å²) in [4.78, 5) is 14.7. The van der Waals surface area contributed by atoms with Gasteiger partial charge in [0.2, 0.25) is 0 Å². The SMILES string of the molecule is CNC1CCCN(C(=O)c2ccccc2S(=O)(=O)C(C)C)C1.Cl. The Kier molecular flexibility index (Phi) is 7.04. The minimum Gasteiger partial charge on any atom is -0.337 e. The van der Waals surface area contributed by atoms with Crippen molar-refractivity contribution in [3.8, 4) is 0 Å². The van der Waals surface area contributed by atoms with Gasteiger partial charge in [0.05, 0.1) is 15.7 Å². The molecule has 7 heteroatoms. The van der Waals surface area contributed by atoms with Gasteiger partial charge in [0.15, 0.2) is 9.84 Å². The van der Waals surface area contributed by atoms with Gasteiger partial charge in [-0.2, -0.15) is 0 Å². The van der Waals surface area contributed by atoms with E-state index in [1.54, 1.807) is 36.9 Å². The molecule has 1 aliphatic heterocycles. The number of nitrogens with zero attached hydrogens (tertiary/aromatic N) is 1.